The van der Waals surface area contributed by atoms with Crippen molar-refractivity contribution in [3.8, 4) is 0 Å². The highest BCUT2D eigenvalue weighted by Crippen LogP contribution is 2.31. The smallest absolute Gasteiger partial charge is 0.301 e. The molecule has 7 nitrogen and oxygen atoms in total. The van der Waals surface area contributed by atoms with Crippen LogP contribution in [0, 0.1) is 6.92 Å². The Bertz CT molecular complexity index is 796. The fraction of sp³-hybridized carbons (Fsp3) is 0.154. The van der Waals surface area contributed by atoms with Crippen LogP contribution in [0.2, 0.25) is 0 Å². The molecule has 2 aromatic heterocycles. The number of nitrogens with zero attached hydrogens (tertiary/aromatic N) is 2. The van der Waals surface area contributed by atoms with E-state index in [0.29, 0.717) is 22.4 Å². The molecule has 108 valence electrons. The van der Waals surface area contributed by atoms with Crippen molar-refractivity contribution >= 4 is 28.6 Å². The van der Waals surface area contributed by atoms with Gasteiger partial charge in [0.1, 0.15) is 5.58 Å². The molecule has 0 aliphatic carbocycles. The number of carbonyl (C=O) groups is 1. The number of nitrogen functional groups attached to an aromatic ring is 1. The third-order valence-electron chi connectivity index (χ3n) is 2.88. The molecule has 21 heavy (non-hydrogen) atoms. The number of hydrazine groups is 1. The second-order valence-electron chi connectivity index (χ2n) is 4.26. The van der Waals surface area contributed by atoms with Crippen LogP contribution in [0.5, 0.6) is 0 Å². The average Bonchev–Trinajstić information content (AvgIpc) is 3.07. The molecule has 0 saturated heterocycles. The molecule has 8 heteroatoms. The van der Waals surface area contributed by atoms with Gasteiger partial charge in [0.2, 0.25) is 5.89 Å². The second-order valence-corrected chi connectivity index (χ2v) is 5.18. The number of thioether (sulfide) groups is 1. The number of furan rings is 1. The molecule has 2 heterocycles. The summed E-state index contributed by atoms with van der Waals surface area (Å²) in [5.74, 6) is 5.88. The Balaban J connectivity index is 1.96. The highest BCUT2D eigenvalue weighted by molar-refractivity contribution is 7.98. The SMILES string of the molecule is Cc1nnc(SCc2c(C(=O)NN)oc3ccccc23)o1. The van der Waals surface area contributed by atoms with E-state index in [0.717, 1.165) is 10.9 Å². The highest BCUT2D eigenvalue weighted by atomic mass is 32.2. The van der Waals surface area contributed by atoms with Gasteiger partial charge in [-0.1, -0.05) is 30.0 Å². The van der Waals surface area contributed by atoms with Crippen molar-refractivity contribution < 1.29 is 13.6 Å². The van der Waals surface area contributed by atoms with Crippen LogP contribution < -0.4 is 11.3 Å². The van der Waals surface area contributed by atoms with Crippen molar-refractivity contribution in [2.75, 3.05) is 0 Å². The number of rotatable bonds is 4. The Morgan fingerprint density at radius 3 is 2.86 bits per heavy atom. The Morgan fingerprint density at radius 2 is 2.14 bits per heavy atom. The first-order chi connectivity index (χ1) is 10.2. The number of para-hydroxylation sites is 1. The number of fused-ring (bicyclic) bond motifs is 1. The maximum atomic E-state index is 11.8. The number of nitrogens with one attached hydrogen (secondary N) is 1. The Labute approximate surface area is 123 Å². The Morgan fingerprint density at radius 1 is 1.33 bits per heavy atom. The van der Waals surface area contributed by atoms with Gasteiger partial charge in [-0.05, 0) is 6.07 Å². The van der Waals surface area contributed by atoms with Crippen LogP contribution >= 0.6 is 11.8 Å². The lowest BCUT2D eigenvalue weighted by atomic mass is 10.1. The van der Waals surface area contributed by atoms with Crippen LogP contribution in [0.1, 0.15) is 22.0 Å². The molecule has 0 fully saturated rings. The normalized spacial score (nSPS) is 11.0. The molecule has 0 saturated carbocycles. The average molecular weight is 304 g/mol. The van der Waals surface area contributed by atoms with Crippen molar-refractivity contribution in [1.29, 1.82) is 0 Å². The predicted molar refractivity (Wildman–Crippen MR) is 76.5 cm³/mol. The number of benzene rings is 1. The number of aromatic nitrogens is 2. The summed E-state index contributed by atoms with van der Waals surface area (Å²) in [6.07, 6.45) is 0. The molecule has 3 aromatic rings. The lowest BCUT2D eigenvalue weighted by Crippen LogP contribution is -2.30. The van der Waals surface area contributed by atoms with Gasteiger partial charge in [-0.2, -0.15) is 0 Å². The van der Waals surface area contributed by atoms with Crippen molar-refractivity contribution in [3.05, 3.63) is 41.5 Å². The molecule has 0 unspecified atom stereocenters. The standard InChI is InChI=1S/C13H12N4O3S/c1-7-16-17-13(19-7)21-6-9-8-4-2-3-5-10(8)20-11(9)12(18)15-14/h2-5H,6,14H2,1H3,(H,15,18). The topological polar surface area (TPSA) is 107 Å². The zero-order valence-electron chi connectivity index (χ0n) is 11.1. The van der Waals surface area contributed by atoms with Crippen molar-refractivity contribution in [1.82, 2.24) is 15.6 Å². The van der Waals surface area contributed by atoms with Gasteiger partial charge in [-0.15, -0.1) is 10.2 Å². The number of nitrogens with two attached hydrogens (primary N) is 1. The van der Waals surface area contributed by atoms with Gasteiger partial charge in [0.25, 0.3) is 5.22 Å². The first-order valence-electron chi connectivity index (χ1n) is 6.13. The van der Waals surface area contributed by atoms with E-state index in [-0.39, 0.29) is 5.76 Å². The summed E-state index contributed by atoms with van der Waals surface area (Å²) in [7, 11) is 0. The van der Waals surface area contributed by atoms with Gasteiger partial charge in [0.15, 0.2) is 5.76 Å². The number of carbonyl (C=O) groups excluding carboxylic acids is 1. The molecule has 3 N–H and O–H groups in total. The number of hydrogen-bond donors (Lipinski definition) is 2. The van der Waals surface area contributed by atoms with Crippen LogP contribution in [0.3, 0.4) is 0 Å². The fourth-order valence-electron chi connectivity index (χ4n) is 1.96. The summed E-state index contributed by atoms with van der Waals surface area (Å²) < 4.78 is 10.9. The van der Waals surface area contributed by atoms with Crippen LogP contribution in [-0.4, -0.2) is 16.1 Å². The minimum Gasteiger partial charge on any atom is -0.451 e. The van der Waals surface area contributed by atoms with Crippen LogP contribution in [-0.2, 0) is 5.75 Å². The molecule has 0 aliphatic rings. The van der Waals surface area contributed by atoms with Crippen molar-refractivity contribution in [2.45, 2.75) is 17.9 Å². The van der Waals surface area contributed by atoms with Gasteiger partial charge in [-0.25, -0.2) is 5.84 Å². The van der Waals surface area contributed by atoms with Gasteiger partial charge in [0.05, 0.1) is 0 Å². The summed E-state index contributed by atoms with van der Waals surface area (Å²) in [5.41, 5.74) is 3.47. The summed E-state index contributed by atoms with van der Waals surface area (Å²) in [5, 5.41) is 8.98. The molecule has 1 amide bonds. The van der Waals surface area contributed by atoms with Gasteiger partial charge in [0, 0.05) is 23.6 Å². The monoisotopic (exact) mass is 304 g/mol. The maximum Gasteiger partial charge on any atom is 0.301 e. The lowest BCUT2D eigenvalue weighted by molar-refractivity contribution is 0.0927. The fourth-order valence-corrected chi connectivity index (χ4v) is 2.79. The van der Waals surface area contributed by atoms with Crippen molar-refractivity contribution in [3.63, 3.8) is 0 Å². The van der Waals surface area contributed by atoms with Gasteiger partial charge >= 0.3 is 5.91 Å². The molecule has 0 bridgehead atoms. The van der Waals surface area contributed by atoms with Crippen LogP contribution in [0.25, 0.3) is 11.0 Å². The maximum absolute atomic E-state index is 11.8. The van der Waals surface area contributed by atoms with E-state index >= 15 is 0 Å². The van der Waals surface area contributed by atoms with E-state index in [9.17, 15) is 4.79 Å². The van der Waals surface area contributed by atoms with Crippen molar-refractivity contribution in [2.24, 2.45) is 5.84 Å². The number of hydrogen-bond acceptors (Lipinski definition) is 7. The van der Waals surface area contributed by atoms with E-state index in [1.54, 1.807) is 13.0 Å². The Hall–Kier alpha value is -2.32. The van der Waals surface area contributed by atoms with E-state index in [2.05, 4.69) is 15.6 Å². The molecule has 0 spiro atoms. The zero-order chi connectivity index (χ0) is 14.8. The molecular weight excluding hydrogens is 292 g/mol. The van der Waals surface area contributed by atoms with E-state index in [4.69, 9.17) is 14.7 Å². The summed E-state index contributed by atoms with van der Waals surface area (Å²) in [6, 6.07) is 7.41. The largest absolute Gasteiger partial charge is 0.451 e. The lowest BCUT2D eigenvalue weighted by Gasteiger charge is -2.00. The first-order valence-corrected chi connectivity index (χ1v) is 7.12. The third-order valence-corrected chi connectivity index (χ3v) is 3.73. The number of amides is 1. The van der Waals surface area contributed by atoms with E-state index < -0.39 is 5.91 Å². The summed E-state index contributed by atoms with van der Waals surface area (Å²) >= 11 is 1.33. The minimum absolute atomic E-state index is 0.197. The molecule has 0 atom stereocenters. The number of aryl methyl sites for hydroxylation is 1. The van der Waals surface area contributed by atoms with Gasteiger partial charge in [-0.3, -0.25) is 10.2 Å². The molecule has 3 rings (SSSR count). The second kappa shape index (κ2) is 5.58. The van der Waals surface area contributed by atoms with Crippen LogP contribution in [0.4, 0.5) is 0 Å². The first kappa shape index (κ1) is 13.7. The summed E-state index contributed by atoms with van der Waals surface area (Å²) in [4.78, 5) is 11.8. The summed E-state index contributed by atoms with van der Waals surface area (Å²) in [6.45, 7) is 1.72. The molecular formula is C13H12N4O3S. The van der Waals surface area contributed by atoms with Gasteiger partial charge < -0.3 is 8.83 Å². The Kier molecular flexibility index (Phi) is 3.63. The minimum atomic E-state index is -0.469. The quantitative estimate of drug-likeness (QED) is 0.328. The molecule has 1 aromatic carbocycles. The predicted octanol–water partition coefficient (Wildman–Crippen LogP) is 2.02. The van der Waals surface area contributed by atoms with E-state index in [1.165, 1.54) is 11.8 Å². The van der Waals surface area contributed by atoms with Crippen LogP contribution in [0.15, 0.2) is 38.3 Å². The zero-order valence-corrected chi connectivity index (χ0v) is 11.9. The van der Waals surface area contributed by atoms with E-state index in [1.807, 2.05) is 18.2 Å². The highest BCUT2D eigenvalue weighted by Gasteiger charge is 2.20. The molecule has 0 radical (unpaired) electrons. The third kappa shape index (κ3) is 2.63. The molecule has 0 aliphatic heterocycles.